The van der Waals surface area contributed by atoms with E-state index in [4.69, 9.17) is 11.6 Å². The first kappa shape index (κ1) is 13.5. The molecule has 0 aromatic heterocycles. The molecule has 1 saturated heterocycles. The summed E-state index contributed by atoms with van der Waals surface area (Å²) in [5, 5.41) is 3.04. The van der Waals surface area contributed by atoms with E-state index in [9.17, 15) is 14.4 Å². The molecule has 1 aromatic rings. The van der Waals surface area contributed by atoms with Gasteiger partial charge in [0.25, 0.3) is 5.91 Å². The number of urea groups is 1. The fourth-order valence-electron chi connectivity index (χ4n) is 1.83. The zero-order valence-electron chi connectivity index (χ0n) is 10.6. The number of nitrogens with zero attached hydrogens (tertiary/aromatic N) is 1. The van der Waals surface area contributed by atoms with Crippen molar-refractivity contribution >= 4 is 29.3 Å². The van der Waals surface area contributed by atoms with Gasteiger partial charge >= 0.3 is 6.03 Å². The summed E-state index contributed by atoms with van der Waals surface area (Å²) in [5.74, 6) is -0.710. The maximum Gasteiger partial charge on any atom is 0.325 e. The van der Waals surface area contributed by atoms with Gasteiger partial charge < -0.3 is 5.32 Å². The molecule has 19 heavy (non-hydrogen) atoms. The number of benzene rings is 1. The van der Waals surface area contributed by atoms with E-state index in [1.165, 1.54) is 0 Å². The first-order chi connectivity index (χ1) is 8.81. The SMILES string of the molecule is CC1(C)NC(=O)N(CC(=O)c2ccc(Cl)cc2)C1=O. The first-order valence-corrected chi connectivity index (χ1v) is 6.12. The van der Waals surface area contributed by atoms with Crippen molar-refractivity contribution in [3.8, 4) is 0 Å². The van der Waals surface area contributed by atoms with Crippen LogP contribution >= 0.6 is 11.6 Å². The molecule has 0 unspecified atom stereocenters. The van der Waals surface area contributed by atoms with E-state index in [2.05, 4.69) is 5.32 Å². The molecule has 0 spiro atoms. The van der Waals surface area contributed by atoms with Crippen molar-refractivity contribution < 1.29 is 14.4 Å². The highest BCUT2D eigenvalue weighted by Gasteiger charge is 2.44. The van der Waals surface area contributed by atoms with Crippen molar-refractivity contribution in [1.29, 1.82) is 0 Å². The zero-order valence-corrected chi connectivity index (χ0v) is 11.3. The minimum atomic E-state index is -0.961. The van der Waals surface area contributed by atoms with E-state index >= 15 is 0 Å². The third-order valence-electron chi connectivity index (χ3n) is 2.91. The van der Waals surface area contributed by atoms with Crippen LogP contribution in [0.2, 0.25) is 5.02 Å². The first-order valence-electron chi connectivity index (χ1n) is 5.74. The lowest BCUT2D eigenvalue weighted by Gasteiger charge is -2.15. The van der Waals surface area contributed by atoms with Gasteiger partial charge in [-0.15, -0.1) is 0 Å². The number of nitrogens with one attached hydrogen (secondary N) is 1. The molecule has 0 saturated carbocycles. The number of imide groups is 1. The maximum atomic E-state index is 12.0. The van der Waals surface area contributed by atoms with Crippen molar-refractivity contribution in [3.63, 3.8) is 0 Å². The molecule has 2 rings (SSSR count). The lowest BCUT2D eigenvalue weighted by molar-refractivity contribution is -0.129. The number of amides is 3. The van der Waals surface area contributed by atoms with Crippen molar-refractivity contribution in [2.24, 2.45) is 0 Å². The lowest BCUT2D eigenvalue weighted by atomic mass is 10.1. The molecular formula is C13H13ClN2O3. The normalized spacial score (nSPS) is 17.5. The molecule has 6 heteroatoms. The molecule has 1 N–H and O–H groups in total. The van der Waals surface area contributed by atoms with Crippen LogP contribution < -0.4 is 5.32 Å². The average Bonchev–Trinajstić information content (AvgIpc) is 2.52. The summed E-state index contributed by atoms with van der Waals surface area (Å²) in [7, 11) is 0. The zero-order chi connectivity index (χ0) is 14.2. The van der Waals surface area contributed by atoms with Gasteiger partial charge in [0.15, 0.2) is 5.78 Å². The molecule has 0 atom stereocenters. The molecule has 0 aliphatic carbocycles. The van der Waals surface area contributed by atoms with Crippen LogP contribution in [-0.4, -0.2) is 34.7 Å². The molecule has 1 aliphatic rings. The summed E-state index contributed by atoms with van der Waals surface area (Å²) in [4.78, 5) is 36.5. The summed E-state index contributed by atoms with van der Waals surface area (Å²) in [5.41, 5.74) is -0.549. The highest BCUT2D eigenvalue weighted by Crippen LogP contribution is 2.17. The van der Waals surface area contributed by atoms with Gasteiger partial charge in [-0.2, -0.15) is 0 Å². The van der Waals surface area contributed by atoms with Crippen molar-refractivity contribution in [1.82, 2.24) is 10.2 Å². The highest BCUT2D eigenvalue weighted by molar-refractivity contribution is 6.30. The van der Waals surface area contributed by atoms with Crippen LogP contribution in [0, 0.1) is 0 Å². The Balaban J connectivity index is 2.14. The van der Waals surface area contributed by atoms with Crippen LogP contribution in [0.3, 0.4) is 0 Å². The number of carbonyl (C=O) groups is 3. The predicted octanol–water partition coefficient (Wildman–Crippen LogP) is 1.85. The lowest BCUT2D eigenvalue weighted by Crippen LogP contribution is -2.41. The molecule has 0 bridgehead atoms. The third-order valence-corrected chi connectivity index (χ3v) is 3.16. The Morgan fingerprint density at radius 3 is 2.32 bits per heavy atom. The van der Waals surface area contributed by atoms with Gasteiger partial charge in [0.2, 0.25) is 0 Å². The number of hydrogen-bond acceptors (Lipinski definition) is 3. The van der Waals surface area contributed by atoms with Gasteiger partial charge in [-0.25, -0.2) is 4.79 Å². The summed E-state index contributed by atoms with van der Waals surface area (Å²) in [6.07, 6.45) is 0. The van der Waals surface area contributed by atoms with E-state index in [0.717, 1.165) is 4.90 Å². The monoisotopic (exact) mass is 280 g/mol. The second-order valence-electron chi connectivity index (χ2n) is 4.88. The summed E-state index contributed by atoms with van der Waals surface area (Å²) in [6.45, 7) is 2.93. The summed E-state index contributed by atoms with van der Waals surface area (Å²) < 4.78 is 0. The summed E-state index contributed by atoms with van der Waals surface area (Å²) in [6, 6.07) is 5.76. The second-order valence-corrected chi connectivity index (χ2v) is 5.31. The molecule has 1 aliphatic heterocycles. The van der Waals surface area contributed by atoms with Crippen LogP contribution in [0.15, 0.2) is 24.3 Å². The fourth-order valence-corrected chi connectivity index (χ4v) is 1.96. The molecule has 0 radical (unpaired) electrons. The number of ketones is 1. The number of rotatable bonds is 3. The van der Waals surface area contributed by atoms with Crippen molar-refractivity contribution in [3.05, 3.63) is 34.9 Å². The largest absolute Gasteiger partial charge is 0.325 e. The Bertz CT molecular complexity index is 552. The van der Waals surface area contributed by atoms with E-state index in [0.29, 0.717) is 10.6 Å². The number of Topliss-reactive ketones (excluding diaryl/α,β-unsaturated/α-hetero) is 1. The minimum Gasteiger partial charge on any atom is -0.324 e. The Morgan fingerprint density at radius 2 is 1.84 bits per heavy atom. The standard InChI is InChI=1S/C13H13ClN2O3/c1-13(2)11(18)16(12(19)15-13)7-10(17)8-3-5-9(14)6-4-8/h3-6H,7H2,1-2H3,(H,15,19). The molecule has 5 nitrogen and oxygen atoms in total. The topological polar surface area (TPSA) is 66.5 Å². The third kappa shape index (κ3) is 2.61. The second kappa shape index (κ2) is 4.66. The van der Waals surface area contributed by atoms with Crippen LogP contribution in [-0.2, 0) is 4.79 Å². The molecule has 3 amide bonds. The predicted molar refractivity (Wildman–Crippen MR) is 70.1 cm³/mol. The molecule has 1 heterocycles. The van der Waals surface area contributed by atoms with Gasteiger partial charge in [-0.3, -0.25) is 14.5 Å². The van der Waals surface area contributed by atoms with Gasteiger partial charge in [-0.05, 0) is 38.1 Å². The van der Waals surface area contributed by atoms with Crippen molar-refractivity contribution in [2.45, 2.75) is 19.4 Å². The highest BCUT2D eigenvalue weighted by atomic mass is 35.5. The maximum absolute atomic E-state index is 12.0. The Labute approximate surface area is 115 Å². The van der Waals surface area contributed by atoms with Crippen LogP contribution in [0.1, 0.15) is 24.2 Å². The molecule has 1 fully saturated rings. The van der Waals surface area contributed by atoms with Crippen molar-refractivity contribution in [2.75, 3.05) is 6.54 Å². The molecule has 1 aromatic carbocycles. The van der Waals surface area contributed by atoms with Gasteiger partial charge in [0.1, 0.15) is 5.54 Å². The molecular weight excluding hydrogens is 268 g/mol. The smallest absolute Gasteiger partial charge is 0.324 e. The number of carbonyl (C=O) groups excluding carboxylic acids is 3. The average molecular weight is 281 g/mol. The molecule has 100 valence electrons. The fraction of sp³-hybridized carbons (Fsp3) is 0.308. The minimum absolute atomic E-state index is 0.268. The summed E-state index contributed by atoms with van der Waals surface area (Å²) >= 11 is 5.73. The van der Waals surface area contributed by atoms with E-state index in [1.54, 1.807) is 38.1 Å². The Morgan fingerprint density at radius 1 is 1.26 bits per heavy atom. The number of halogens is 1. The van der Waals surface area contributed by atoms with Gasteiger partial charge in [0.05, 0.1) is 6.54 Å². The van der Waals surface area contributed by atoms with E-state index in [1.807, 2.05) is 0 Å². The van der Waals surface area contributed by atoms with E-state index < -0.39 is 17.5 Å². The van der Waals surface area contributed by atoms with Crippen LogP contribution in [0.5, 0.6) is 0 Å². The quantitative estimate of drug-likeness (QED) is 0.679. The Kier molecular flexibility index (Phi) is 3.32. The van der Waals surface area contributed by atoms with Crippen LogP contribution in [0.25, 0.3) is 0 Å². The van der Waals surface area contributed by atoms with Gasteiger partial charge in [0, 0.05) is 10.6 Å². The van der Waals surface area contributed by atoms with E-state index in [-0.39, 0.29) is 12.3 Å². The van der Waals surface area contributed by atoms with Gasteiger partial charge in [-0.1, -0.05) is 11.6 Å². The number of hydrogen-bond donors (Lipinski definition) is 1. The van der Waals surface area contributed by atoms with Crippen LogP contribution in [0.4, 0.5) is 4.79 Å². The Hall–Kier alpha value is -1.88.